The van der Waals surface area contributed by atoms with Crippen LogP contribution < -0.4 is 24.3 Å². The Labute approximate surface area is 458 Å². The van der Waals surface area contributed by atoms with Gasteiger partial charge in [-0.15, -0.1) is 0 Å². The summed E-state index contributed by atoms with van der Waals surface area (Å²) in [5.41, 5.74) is 4.13. The van der Waals surface area contributed by atoms with E-state index in [0.717, 1.165) is 63.3 Å². The SMILES string of the molecule is CCCCNC(=O)CCc1ccc(C(OC(C)(C)OC(=O)CCC(=O)OC(C)(C)OC(=O)CCC(=O)COc2cccc(C(C)(c3ccc(OC)cc3)c3ccc(OC)cc3)c2)(c2ccccc2)c2ccc(OC)cc2)cc1. The predicted octanol–water partition coefficient (Wildman–Crippen LogP) is 11.5. The highest BCUT2D eigenvalue weighted by atomic mass is 16.7. The third kappa shape index (κ3) is 16.0. The molecule has 0 saturated carbocycles. The summed E-state index contributed by atoms with van der Waals surface area (Å²) in [6, 6.07) is 48.0. The van der Waals surface area contributed by atoms with Crippen LogP contribution in [0.1, 0.15) is 125 Å². The number of esters is 3. The number of methoxy groups -OCH3 is 3. The number of hydrogen-bond acceptors (Lipinski definition) is 13. The minimum absolute atomic E-state index is 0.00352. The zero-order valence-electron chi connectivity index (χ0n) is 46.3. The van der Waals surface area contributed by atoms with Crippen LogP contribution >= 0.6 is 0 Å². The number of ketones is 1. The Morgan fingerprint density at radius 3 is 1.41 bits per heavy atom. The molecule has 0 spiro atoms. The standard InChI is InChI=1S/C64H73NO13/c1-10-11-42-65-57(67)38-22-45-20-23-49(24-21-45)64(48-16-13-12-14-17-48,50-29-36-55(73-9)37-30-50)78-62(4,5)77-60(70)41-40-59(69)76-61(2,3)75-58(68)39-31-52(66)44-74-56-19-15-18-51(43-56)63(6,46-25-32-53(71-7)33-26-46)47-27-34-54(72-8)35-28-47/h12-21,23-30,32-37,43H,10-11,22,31,38-42,44H2,1-9H3,(H,65,67). The van der Waals surface area contributed by atoms with E-state index in [4.69, 9.17) is 37.9 Å². The molecule has 0 bridgehead atoms. The molecule has 6 rings (SSSR count). The van der Waals surface area contributed by atoms with Crippen molar-refractivity contribution in [2.45, 2.75) is 115 Å². The molecule has 0 aromatic heterocycles. The number of carbonyl (C=O) groups excluding carboxylic acids is 5. The number of amides is 1. The van der Waals surface area contributed by atoms with Gasteiger partial charge in [0.05, 0.1) is 40.6 Å². The average Bonchev–Trinajstić information content (AvgIpc) is 3.53. The van der Waals surface area contributed by atoms with Crippen LogP contribution in [0, 0.1) is 0 Å². The number of nitrogens with one attached hydrogen (secondary N) is 1. The van der Waals surface area contributed by atoms with Gasteiger partial charge in [0.1, 0.15) is 35.2 Å². The average molecular weight is 1060 g/mol. The molecule has 6 aromatic carbocycles. The monoisotopic (exact) mass is 1060 g/mol. The van der Waals surface area contributed by atoms with Gasteiger partial charge in [0.25, 0.3) is 5.79 Å². The van der Waals surface area contributed by atoms with Crippen molar-refractivity contribution in [2.24, 2.45) is 0 Å². The Kier molecular flexibility index (Phi) is 20.8. The fraction of sp³-hybridized carbons (Fsp3) is 0.359. The van der Waals surface area contributed by atoms with Crippen LogP contribution in [-0.2, 0) is 60.4 Å². The van der Waals surface area contributed by atoms with Crippen LogP contribution in [0.4, 0.5) is 0 Å². The van der Waals surface area contributed by atoms with Crippen LogP contribution in [-0.4, -0.2) is 75.7 Å². The first-order chi connectivity index (χ1) is 37.3. The molecule has 0 aliphatic heterocycles. The predicted molar refractivity (Wildman–Crippen MR) is 296 cm³/mol. The first-order valence-corrected chi connectivity index (χ1v) is 26.3. The lowest BCUT2D eigenvalue weighted by atomic mass is 9.71. The number of hydrogen-bond donors (Lipinski definition) is 1. The van der Waals surface area contributed by atoms with E-state index in [1.807, 2.05) is 146 Å². The molecular formula is C64H73NO13. The summed E-state index contributed by atoms with van der Waals surface area (Å²) < 4.78 is 46.2. The fourth-order valence-electron chi connectivity index (χ4n) is 9.15. The van der Waals surface area contributed by atoms with E-state index in [9.17, 15) is 24.0 Å². The van der Waals surface area contributed by atoms with Crippen molar-refractivity contribution in [1.82, 2.24) is 5.32 Å². The fourth-order valence-corrected chi connectivity index (χ4v) is 9.15. The number of rotatable bonds is 29. The summed E-state index contributed by atoms with van der Waals surface area (Å²) in [6.45, 7) is 10.6. The molecular weight excluding hydrogens is 991 g/mol. The minimum Gasteiger partial charge on any atom is -0.497 e. The van der Waals surface area contributed by atoms with E-state index in [1.54, 1.807) is 41.2 Å². The van der Waals surface area contributed by atoms with Gasteiger partial charge in [-0.2, -0.15) is 0 Å². The molecule has 1 atom stereocenters. The summed E-state index contributed by atoms with van der Waals surface area (Å²) in [4.78, 5) is 65.2. The molecule has 1 unspecified atom stereocenters. The van der Waals surface area contributed by atoms with E-state index >= 15 is 0 Å². The van der Waals surface area contributed by atoms with E-state index in [1.165, 1.54) is 13.8 Å². The van der Waals surface area contributed by atoms with Crippen molar-refractivity contribution < 1.29 is 61.9 Å². The molecule has 0 radical (unpaired) electrons. The molecule has 14 nitrogen and oxygen atoms in total. The molecule has 0 heterocycles. The molecule has 1 amide bonds. The summed E-state index contributed by atoms with van der Waals surface area (Å²) >= 11 is 0. The smallest absolute Gasteiger partial charge is 0.309 e. The second-order valence-electron chi connectivity index (χ2n) is 19.9. The molecule has 78 heavy (non-hydrogen) atoms. The molecule has 14 heteroatoms. The summed E-state index contributed by atoms with van der Waals surface area (Å²) in [6.07, 6.45) is 1.56. The number of aryl methyl sites for hydroxylation is 1. The minimum atomic E-state index is -1.72. The van der Waals surface area contributed by atoms with Gasteiger partial charge in [-0.05, 0) is 107 Å². The van der Waals surface area contributed by atoms with Gasteiger partial charge in [0.2, 0.25) is 11.7 Å². The Morgan fingerprint density at radius 1 is 0.462 bits per heavy atom. The van der Waals surface area contributed by atoms with Gasteiger partial charge < -0.3 is 43.2 Å². The largest absolute Gasteiger partial charge is 0.497 e. The number of Topliss-reactive ketones (excluding diaryl/α,β-unsaturated/α-hetero) is 1. The molecule has 0 fully saturated rings. The van der Waals surface area contributed by atoms with Crippen molar-refractivity contribution in [2.75, 3.05) is 34.5 Å². The van der Waals surface area contributed by atoms with Crippen molar-refractivity contribution in [3.8, 4) is 23.0 Å². The molecule has 0 aliphatic carbocycles. The van der Waals surface area contributed by atoms with Crippen molar-refractivity contribution >= 4 is 29.6 Å². The lowest BCUT2D eigenvalue weighted by Gasteiger charge is -2.41. The zero-order chi connectivity index (χ0) is 56.4. The Bertz CT molecular complexity index is 2870. The second-order valence-corrected chi connectivity index (χ2v) is 19.9. The molecule has 1 N–H and O–H groups in total. The number of benzene rings is 6. The highest BCUT2D eigenvalue weighted by Crippen LogP contribution is 2.45. The maximum atomic E-state index is 13.6. The molecule has 412 valence electrons. The topological polar surface area (TPSA) is 171 Å². The number of ether oxygens (including phenoxy) is 8. The van der Waals surface area contributed by atoms with Gasteiger partial charge in [0, 0.05) is 52.5 Å². The van der Waals surface area contributed by atoms with Gasteiger partial charge in [-0.25, -0.2) is 0 Å². The normalized spacial score (nSPS) is 12.3. The molecule has 0 aliphatic rings. The lowest BCUT2D eigenvalue weighted by molar-refractivity contribution is -0.247. The highest BCUT2D eigenvalue weighted by Gasteiger charge is 2.44. The van der Waals surface area contributed by atoms with Crippen molar-refractivity contribution in [1.29, 1.82) is 0 Å². The maximum Gasteiger partial charge on any atom is 0.309 e. The third-order valence-electron chi connectivity index (χ3n) is 13.3. The van der Waals surface area contributed by atoms with Crippen LogP contribution in [0.25, 0.3) is 0 Å². The van der Waals surface area contributed by atoms with E-state index in [2.05, 4.69) is 19.2 Å². The quantitative estimate of drug-likeness (QED) is 0.0204. The van der Waals surface area contributed by atoms with E-state index in [0.29, 0.717) is 30.9 Å². The van der Waals surface area contributed by atoms with E-state index in [-0.39, 0.29) is 37.6 Å². The summed E-state index contributed by atoms with van der Waals surface area (Å²) in [5, 5.41) is 2.97. The highest BCUT2D eigenvalue weighted by molar-refractivity contribution is 5.84. The zero-order valence-corrected chi connectivity index (χ0v) is 46.3. The number of unbranched alkanes of at least 4 members (excludes halogenated alkanes) is 1. The van der Waals surface area contributed by atoms with Crippen molar-refractivity contribution in [3.63, 3.8) is 0 Å². The lowest BCUT2D eigenvalue weighted by Crippen LogP contribution is -2.44. The van der Waals surface area contributed by atoms with Crippen LogP contribution in [0.3, 0.4) is 0 Å². The van der Waals surface area contributed by atoms with Gasteiger partial charge in [-0.3, -0.25) is 24.0 Å². The van der Waals surface area contributed by atoms with Gasteiger partial charge in [0.15, 0.2) is 5.78 Å². The second kappa shape index (κ2) is 27.4. The Hall–Kier alpha value is -7.97. The van der Waals surface area contributed by atoms with E-state index < -0.39 is 46.9 Å². The van der Waals surface area contributed by atoms with Crippen LogP contribution in [0.5, 0.6) is 23.0 Å². The maximum absolute atomic E-state index is 13.6. The van der Waals surface area contributed by atoms with Gasteiger partial charge in [-0.1, -0.05) is 116 Å². The Morgan fingerprint density at radius 2 is 0.910 bits per heavy atom. The molecule has 6 aromatic rings. The van der Waals surface area contributed by atoms with Crippen molar-refractivity contribution in [3.05, 3.63) is 191 Å². The van der Waals surface area contributed by atoms with Gasteiger partial charge >= 0.3 is 17.9 Å². The van der Waals surface area contributed by atoms with Crippen LogP contribution in [0.2, 0.25) is 0 Å². The van der Waals surface area contributed by atoms with Crippen LogP contribution in [0.15, 0.2) is 152 Å². The first-order valence-electron chi connectivity index (χ1n) is 26.3. The molecule has 0 saturated heterocycles. The number of carbonyl (C=O) groups is 5. The summed E-state index contributed by atoms with van der Waals surface area (Å²) in [7, 11) is 4.83. The first kappa shape index (κ1) is 59.3. The Balaban J connectivity index is 1.03. The third-order valence-corrected chi connectivity index (χ3v) is 13.3. The summed E-state index contributed by atoms with van der Waals surface area (Å²) in [5.74, 6) is -3.41.